The van der Waals surface area contributed by atoms with Crippen LogP contribution in [0.1, 0.15) is 18.4 Å². The lowest BCUT2D eigenvalue weighted by Crippen LogP contribution is -2.25. The summed E-state index contributed by atoms with van der Waals surface area (Å²) in [5, 5.41) is 7.85. The van der Waals surface area contributed by atoms with Crippen LogP contribution in [0, 0.1) is 0 Å². The SMILES string of the molecule is C1=c2sc3ccc(-c4cc5ccccc5c5ccccc45)cc3c2=C(c2ccc(-c3nc(-c4ccccc4)nc(-c4ccccc4)n3)cc2)CC1. The third-order valence-corrected chi connectivity index (χ3v) is 11.2. The van der Waals surface area contributed by atoms with Crippen LogP contribution in [0.3, 0.4) is 0 Å². The highest BCUT2D eigenvalue weighted by Crippen LogP contribution is 2.36. The first-order valence-electron chi connectivity index (χ1n) is 17.4. The molecule has 240 valence electrons. The van der Waals surface area contributed by atoms with E-state index in [9.17, 15) is 0 Å². The standard InChI is InChI=1S/C47H31N3S/c1-3-12-31(13-4-1)45-48-46(32-14-5-2-6-15-32)50-47(49-45)33-24-22-30(23-25-33)37-20-11-21-43-44(37)41-29-35(26-27-42(41)51-43)40-28-34-16-7-8-17-36(34)38-18-9-10-19-39(38)40/h1-10,12-19,21-29H,11,20H2. The van der Waals surface area contributed by atoms with Gasteiger partial charge >= 0.3 is 0 Å². The van der Waals surface area contributed by atoms with Crippen LogP contribution in [0.5, 0.6) is 0 Å². The van der Waals surface area contributed by atoms with Crippen molar-refractivity contribution in [3.05, 3.63) is 173 Å². The molecule has 0 fully saturated rings. The Morgan fingerprint density at radius 2 is 0.980 bits per heavy atom. The number of hydrogen-bond acceptors (Lipinski definition) is 4. The van der Waals surface area contributed by atoms with Gasteiger partial charge in [-0.05, 0) is 74.8 Å². The molecular formula is C47H31N3S. The van der Waals surface area contributed by atoms with Crippen molar-refractivity contribution in [1.82, 2.24) is 15.0 Å². The van der Waals surface area contributed by atoms with E-state index in [0.717, 1.165) is 29.5 Å². The van der Waals surface area contributed by atoms with Gasteiger partial charge in [-0.3, -0.25) is 0 Å². The van der Waals surface area contributed by atoms with Gasteiger partial charge < -0.3 is 0 Å². The second-order valence-electron chi connectivity index (χ2n) is 13.1. The normalized spacial score (nSPS) is 12.7. The third kappa shape index (κ3) is 5.24. The predicted octanol–water partition coefficient (Wildman–Crippen LogP) is 10.8. The molecule has 51 heavy (non-hydrogen) atoms. The van der Waals surface area contributed by atoms with Crippen molar-refractivity contribution >= 4 is 54.6 Å². The van der Waals surface area contributed by atoms with Crippen molar-refractivity contribution in [2.24, 2.45) is 0 Å². The van der Waals surface area contributed by atoms with Crippen molar-refractivity contribution < 1.29 is 0 Å². The lowest BCUT2D eigenvalue weighted by molar-refractivity contribution is 1.07. The van der Waals surface area contributed by atoms with E-state index in [2.05, 4.69) is 103 Å². The largest absolute Gasteiger partial charge is 0.208 e. The molecule has 0 radical (unpaired) electrons. The number of thiophene rings is 1. The van der Waals surface area contributed by atoms with Crippen molar-refractivity contribution in [3.8, 4) is 45.3 Å². The summed E-state index contributed by atoms with van der Waals surface area (Å²) in [6.07, 6.45) is 4.46. The molecule has 4 heteroatoms. The van der Waals surface area contributed by atoms with Gasteiger partial charge in [0.2, 0.25) is 0 Å². The van der Waals surface area contributed by atoms with Crippen LogP contribution in [-0.2, 0) is 0 Å². The highest BCUT2D eigenvalue weighted by Gasteiger charge is 2.17. The molecule has 9 aromatic rings. The van der Waals surface area contributed by atoms with Crippen molar-refractivity contribution in [2.75, 3.05) is 0 Å². The summed E-state index contributed by atoms with van der Waals surface area (Å²) in [4.78, 5) is 14.8. The van der Waals surface area contributed by atoms with Crippen LogP contribution in [0.25, 0.3) is 88.6 Å². The van der Waals surface area contributed by atoms with Crippen LogP contribution in [0.15, 0.2) is 158 Å². The summed E-state index contributed by atoms with van der Waals surface area (Å²) in [6.45, 7) is 0. The number of hydrogen-bond donors (Lipinski definition) is 0. The van der Waals surface area contributed by atoms with E-state index >= 15 is 0 Å². The van der Waals surface area contributed by atoms with Crippen LogP contribution < -0.4 is 9.75 Å². The lowest BCUT2D eigenvalue weighted by Gasteiger charge is -2.13. The highest BCUT2D eigenvalue weighted by atomic mass is 32.1. The fraction of sp³-hybridized carbons (Fsp3) is 0.0426. The lowest BCUT2D eigenvalue weighted by atomic mass is 9.91. The molecule has 10 rings (SSSR count). The molecule has 0 atom stereocenters. The Hall–Kier alpha value is -6.23. The molecule has 0 bridgehead atoms. The molecule has 0 saturated carbocycles. The number of rotatable bonds is 5. The number of nitrogens with zero attached hydrogens (tertiary/aromatic N) is 3. The maximum atomic E-state index is 4.96. The van der Waals surface area contributed by atoms with E-state index in [1.165, 1.54) is 63.6 Å². The summed E-state index contributed by atoms with van der Waals surface area (Å²) in [6, 6.07) is 56.0. The average Bonchev–Trinajstić information content (AvgIpc) is 3.59. The summed E-state index contributed by atoms with van der Waals surface area (Å²) in [5.74, 6) is 2.01. The summed E-state index contributed by atoms with van der Waals surface area (Å²) in [7, 11) is 0. The number of fused-ring (bicyclic) bond motifs is 6. The van der Waals surface area contributed by atoms with Gasteiger partial charge in [-0.2, -0.15) is 0 Å². The molecule has 2 heterocycles. The maximum Gasteiger partial charge on any atom is 0.164 e. The Bertz CT molecular complexity index is 2840. The Labute approximate surface area is 299 Å². The van der Waals surface area contributed by atoms with Gasteiger partial charge in [-0.1, -0.05) is 146 Å². The van der Waals surface area contributed by atoms with Gasteiger partial charge in [0, 0.05) is 36.5 Å². The fourth-order valence-corrected chi connectivity index (χ4v) is 8.73. The summed E-state index contributed by atoms with van der Waals surface area (Å²) < 4.78 is 2.70. The number of benzene rings is 7. The van der Waals surface area contributed by atoms with Gasteiger partial charge in [0.25, 0.3) is 0 Å². The first kappa shape index (κ1) is 29.7. The molecular weight excluding hydrogens is 639 g/mol. The first-order valence-corrected chi connectivity index (χ1v) is 18.2. The highest BCUT2D eigenvalue weighted by molar-refractivity contribution is 7.17. The molecule has 0 aliphatic heterocycles. The zero-order valence-corrected chi connectivity index (χ0v) is 28.6. The van der Waals surface area contributed by atoms with E-state index in [1.54, 1.807) is 0 Å². The molecule has 7 aromatic carbocycles. The van der Waals surface area contributed by atoms with Crippen LogP contribution in [0.4, 0.5) is 0 Å². The Morgan fingerprint density at radius 1 is 0.431 bits per heavy atom. The molecule has 2 aromatic heterocycles. The first-order chi connectivity index (χ1) is 25.3. The quantitative estimate of drug-likeness (QED) is 0.171. The van der Waals surface area contributed by atoms with Crippen molar-refractivity contribution in [3.63, 3.8) is 0 Å². The second kappa shape index (κ2) is 12.3. The van der Waals surface area contributed by atoms with E-state index in [1.807, 2.05) is 72.0 Å². The van der Waals surface area contributed by atoms with E-state index in [0.29, 0.717) is 17.5 Å². The summed E-state index contributed by atoms with van der Waals surface area (Å²) >= 11 is 1.90. The minimum atomic E-state index is 0.671. The Balaban J connectivity index is 1.10. The van der Waals surface area contributed by atoms with Crippen LogP contribution in [-0.4, -0.2) is 15.0 Å². The molecule has 0 N–H and O–H groups in total. The average molecular weight is 670 g/mol. The maximum absolute atomic E-state index is 4.96. The molecule has 0 unspecified atom stereocenters. The van der Waals surface area contributed by atoms with Crippen LogP contribution >= 0.6 is 11.3 Å². The van der Waals surface area contributed by atoms with Gasteiger partial charge in [0.15, 0.2) is 17.5 Å². The van der Waals surface area contributed by atoms with Gasteiger partial charge in [-0.25, -0.2) is 15.0 Å². The van der Waals surface area contributed by atoms with Crippen molar-refractivity contribution in [1.29, 1.82) is 0 Å². The Morgan fingerprint density at radius 3 is 1.67 bits per heavy atom. The van der Waals surface area contributed by atoms with Crippen LogP contribution in [0.2, 0.25) is 0 Å². The van der Waals surface area contributed by atoms with E-state index in [-0.39, 0.29) is 0 Å². The zero-order valence-electron chi connectivity index (χ0n) is 27.8. The fourth-order valence-electron chi connectivity index (χ4n) is 7.55. The van der Waals surface area contributed by atoms with Gasteiger partial charge in [-0.15, -0.1) is 11.3 Å². The van der Waals surface area contributed by atoms with E-state index < -0.39 is 0 Å². The third-order valence-electron chi connectivity index (χ3n) is 10.0. The van der Waals surface area contributed by atoms with Gasteiger partial charge in [0.05, 0.1) is 0 Å². The van der Waals surface area contributed by atoms with Gasteiger partial charge in [0.1, 0.15) is 0 Å². The molecule has 1 aliphatic rings. The number of aromatic nitrogens is 3. The zero-order chi connectivity index (χ0) is 33.7. The monoisotopic (exact) mass is 669 g/mol. The second-order valence-corrected chi connectivity index (χ2v) is 14.2. The molecule has 3 nitrogen and oxygen atoms in total. The molecule has 1 aliphatic carbocycles. The molecule has 0 amide bonds. The van der Waals surface area contributed by atoms with E-state index in [4.69, 9.17) is 15.0 Å². The molecule has 0 spiro atoms. The van der Waals surface area contributed by atoms with Crippen molar-refractivity contribution in [2.45, 2.75) is 12.8 Å². The minimum absolute atomic E-state index is 0.671. The smallest absolute Gasteiger partial charge is 0.164 e. The summed E-state index contributed by atoms with van der Waals surface area (Å²) in [5.41, 5.74) is 8.09. The molecule has 0 saturated heterocycles. The minimum Gasteiger partial charge on any atom is -0.208 e. The Kier molecular flexibility index (Phi) is 7.14. The predicted molar refractivity (Wildman–Crippen MR) is 214 cm³/mol. The topological polar surface area (TPSA) is 38.7 Å².